The predicted molar refractivity (Wildman–Crippen MR) is 105 cm³/mol. The van der Waals surface area contributed by atoms with Crippen molar-refractivity contribution < 1.29 is 23.8 Å². The van der Waals surface area contributed by atoms with Crippen LogP contribution in [0.4, 0.5) is 0 Å². The van der Waals surface area contributed by atoms with Gasteiger partial charge in [0, 0.05) is 18.1 Å². The van der Waals surface area contributed by atoms with Crippen molar-refractivity contribution in [1.82, 2.24) is 4.98 Å². The minimum Gasteiger partial charge on any atom is -0.493 e. The number of nitrogens with zero attached hydrogens (tertiary/aromatic N) is 1. The SMILES string of the molecule is CCCOc1cc(OCCc2nc(-c3ccccc3)oc2C)ccc1C(=O)O. The van der Waals surface area contributed by atoms with Crippen molar-refractivity contribution in [2.24, 2.45) is 0 Å². The van der Waals surface area contributed by atoms with Crippen LogP contribution in [0.2, 0.25) is 0 Å². The van der Waals surface area contributed by atoms with E-state index in [-0.39, 0.29) is 5.56 Å². The lowest BCUT2D eigenvalue weighted by atomic mass is 10.2. The third kappa shape index (κ3) is 4.71. The summed E-state index contributed by atoms with van der Waals surface area (Å²) in [7, 11) is 0. The molecule has 0 bridgehead atoms. The number of benzene rings is 2. The van der Waals surface area contributed by atoms with Gasteiger partial charge in [-0.25, -0.2) is 9.78 Å². The van der Waals surface area contributed by atoms with Crippen LogP contribution in [-0.4, -0.2) is 29.3 Å². The number of hydrogen-bond acceptors (Lipinski definition) is 5. The summed E-state index contributed by atoms with van der Waals surface area (Å²) in [6.45, 7) is 4.68. The van der Waals surface area contributed by atoms with Gasteiger partial charge >= 0.3 is 5.97 Å². The lowest BCUT2D eigenvalue weighted by Crippen LogP contribution is -2.06. The fraction of sp³-hybridized carbons (Fsp3) is 0.273. The molecule has 28 heavy (non-hydrogen) atoms. The number of rotatable bonds is 9. The van der Waals surface area contributed by atoms with Crippen LogP contribution >= 0.6 is 0 Å². The Kier molecular flexibility index (Phi) is 6.32. The summed E-state index contributed by atoms with van der Waals surface area (Å²) < 4.78 is 17.1. The molecular formula is C22H23NO5. The van der Waals surface area contributed by atoms with E-state index >= 15 is 0 Å². The number of oxazole rings is 1. The van der Waals surface area contributed by atoms with Gasteiger partial charge in [0.2, 0.25) is 5.89 Å². The molecule has 0 unspecified atom stereocenters. The molecule has 1 N–H and O–H groups in total. The number of hydrogen-bond donors (Lipinski definition) is 1. The third-order valence-corrected chi connectivity index (χ3v) is 4.17. The van der Waals surface area contributed by atoms with Crippen molar-refractivity contribution in [3.8, 4) is 23.0 Å². The number of carbonyl (C=O) groups is 1. The minimum absolute atomic E-state index is 0.126. The first-order chi connectivity index (χ1) is 13.6. The number of aryl methyl sites for hydroxylation is 1. The molecule has 0 amide bonds. The molecule has 0 aliphatic heterocycles. The molecule has 0 aliphatic rings. The van der Waals surface area contributed by atoms with Crippen molar-refractivity contribution in [2.75, 3.05) is 13.2 Å². The Morgan fingerprint density at radius 3 is 2.61 bits per heavy atom. The van der Waals surface area contributed by atoms with E-state index in [4.69, 9.17) is 13.9 Å². The number of ether oxygens (including phenoxy) is 2. The average molecular weight is 381 g/mol. The van der Waals surface area contributed by atoms with Gasteiger partial charge < -0.3 is 19.0 Å². The van der Waals surface area contributed by atoms with Crippen molar-refractivity contribution in [2.45, 2.75) is 26.7 Å². The van der Waals surface area contributed by atoms with E-state index in [1.54, 1.807) is 12.1 Å². The van der Waals surface area contributed by atoms with Crippen LogP contribution in [0.25, 0.3) is 11.5 Å². The predicted octanol–water partition coefficient (Wildman–Crippen LogP) is 4.76. The van der Waals surface area contributed by atoms with Crippen LogP contribution in [0.3, 0.4) is 0 Å². The van der Waals surface area contributed by atoms with Gasteiger partial charge in [0.15, 0.2) is 0 Å². The zero-order chi connectivity index (χ0) is 19.9. The second-order valence-corrected chi connectivity index (χ2v) is 6.30. The molecule has 0 saturated carbocycles. The number of carboxylic acids is 1. The van der Waals surface area contributed by atoms with E-state index in [1.807, 2.05) is 44.2 Å². The van der Waals surface area contributed by atoms with Gasteiger partial charge in [-0.2, -0.15) is 0 Å². The molecule has 0 aliphatic carbocycles. The topological polar surface area (TPSA) is 81.8 Å². The standard InChI is InChI=1S/C22H23NO5/c1-3-12-27-20-14-17(9-10-18(20)22(24)25)26-13-11-19-15(2)28-21(23-19)16-7-5-4-6-8-16/h4-10,14H,3,11-13H2,1-2H3,(H,24,25). The smallest absolute Gasteiger partial charge is 0.339 e. The molecule has 0 saturated heterocycles. The quantitative estimate of drug-likeness (QED) is 0.575. The number of carboxylic acid groups (broad SMARTS) is 1. The molecule has 0 atom stereocenters. The van der Waals surface area contributed by atoms with Crippen molar-refractivity contribution in [3.05, 3.63) is 65.5 Å². The van der Waals surface area contributed by atoms with Crippen LogP contribution in [0, 0.1) is 6.92 Å². The maximum absolute atomic E-state index is 11.3. The molecule has 3 aromatic rings. The molecule has 1 aromatic heterocycles. The molecule has 1 heterocycles. The second kappa shape index (κ2) is 9.08. The summed E-state index contributed by atoms with van der Waals surface area (Å²) in [5.41, 5.74) is 1.89. The molecule has 0 radical (unpaired) electrons. The molecular weight excluding hydrogens is 358 g/mol. The highest BCUT2D eigenvalue weighted by Crippen LogP contribution is 2.26. The molecule has 6 nitrogen and oxygen atoms in total. The Balaban J connectivity index is 1.65. The molecule has 0 spiro atoms. The third-order valence-electron chi connectivity index (χ3n) is 4.17. The zero-order valence-electron chi connectivity index (χ0n) is 16.0. The largest absolute Gasteiger partial charge is 0.493 e. The average Bonchev–Trinajstić information content (AvgIpc) is 3.07. The van der Waals surface area contributed by atoms with Crippen molar-refractivity contribution in [1.29, 1.82) is 0 Å². The lowest BCUT2D eigenvalue weighted by molar-refractivity contribution is 0.0692. The summed E-state index contributed by atoms with van der Waals surface area (Å²) in [6.07, 6.45) is 1.37. The molecule has 2 aromatic carbocycles. The molecule has 3 rings (SSSR count). The van der Waals surface area contributed by atoms with Crippen LogP contribution < -0.4 is 9.47 Å². The Morgan fingerprint density at radius 1 is 1.11 bits per heavy atom. The van der Waals surface area contributed by atoms with E-state index in [9.17, 15) is 9.90 Å². The Labute approximate surface area is 163 Å². The number of aromatic carboxylic acids is 1. The minimum atomic E-state index is -1.02. The number of aromatic nitrogens is 1. The fourth-order valence-corrected chi connectivity index (χ4v) is 2.73. The Bertz CT molecular complexity index is 933. The van der Waals surface area contributed by atoms with E-state index in [0.717, 1.165) is 23.4 Å². The van der Waals surface area contributed by atoms with Crippen LogP contribution in [-0.2, 0) is 6.42 Å². The molecule has 6 heteroatoms. The first kappa shape index (κ1) is 19.5. The van der Waals surface area contributed by atoms with Gasteiger partial charge in [-0.3, -0.25) is 0 Å². The van der Waals surface area contributed by atoms with Gasteiger partial charge in [0.25, 0.3) is 0 Å². The van der Waals surface area contributed by atoms with Gasteiger partial charge in [-0.15, -0.1) is 0 Å². The van der Waals surface area contributed by atoms with E-state index in [2.05, 4.69) is 4.98 Å². The summed E-state index contributed by atoms with van der Waals surface area (Å²) in [5, 5.41) is 9.27. The Morgan fingerprint density at radius 2 is 1.89 bits per heavy atom. The van der Waals surface area contributed by atoms with E-state index in [0.29, 0.717) is 37.0 Å². The normalized spacial score (nSPS) is 10.6. The summed E-state index contributed by atoms with van der Waals surface area (Å²) >= 11 is 0. The summed E-state index contributed by atoms with van der Waals surface area (Å²) in [4.78, 5) is 15.9. The first-order valence-corrected chi connectivity index (χ1v) is 9.23. The van der Waals surface area contributed by atoms with Gasteiger partial charge in [0.1, 0.15) is 22.8 Å². The van der Waals surface area contributed by atoms with Crippen molar-refractivity contribution in [3.63, 3.8) is 0 Å². The molecule has 0 fully saturated rings. The highest BCUT2D eigenvalue weighted by molar-refractivity contribution is 5.91. The van der Waals surface area contributed by atoms with Crippen molar-refractivity contribution >= 4 is 5.97 Å². The van der Waals surface area contributed by atoms with E-state index in [1.165, 1.54) is 6.07 Å². The lowest BCUT2D eigenvalue weighted by Gasteiger charge is -2.11. The van der Waals surface area contributed by atoms with Gasteiger partial charge in [0.05, 0.1) is 18.9 Å². The fourth-order valence-electron chi connectivity index (χ4n) is 2.73. The van der Waals surface area contributed by atoms with E-state index < -0.39 is 5.97 Å². The maximum Gasteiger partial charge on any atom is 0.339 e. The highest BCUT2D eigenvalue weighted by atomic mass is 16.5. The monoisotopic (exact) mass is 381 g/mol. The van der Waals surface area contributed by atoms with Crippen LogP contribution in [0.15, 0.2) is 52.9 Å². The zero-order valence-corrected chi connectivity index (χ0v) is 16.0. The summed E-state index contributed by atoms with van der Waals surface area (Å²) in [6, 6.07) is 14.5. The van der Waals surface area contributed by atoms with Gasteiger partial charge in [-0.05, 0) is 37.6 Å². The maximum atomic E-state index is 11.3. The van der Waals surface area contributed by atoms with Crippen LogP contribution in [0.1, 0.15) is 35.2 Å². The second-order valence-electron chi connectivity index (χ2n) is 6.30. The first-order valence-electron chi connectivity index (χ1n) is 9.23. The summed E-state index contributed by atoms with van der Waals surface area (Å²) in [5.74, 6) is 1.20. The van der Waals surface area contributed by atoms with Crippen LogP contribution in [0.5, 0.6) is 11.5 Å². The molecule has 146 valence electrons. The van der Waals surface area contributed by atoms with Gasteiger partial charge in [-0.1, -0.05) is 25.1 Å². The highest BCUT2D eigenvalue weighted by Gasteiger charge is 2.14. The Hall–Kier alpha value is -3.28.